The van der Waals surface area contributed by atoms with Crippen LogP contribution in [-0.2, 0) is 20.7 Å². The van der Waals surface area contributed by atoms with Crippen molar-refractivity contribution in [1.82, 2.24) is 0 Å². The molecule has 0 aromatic heterocycles. The van der Waals surface area contributed by atoms with Crippen molar-refractivity contribution in [1.29, 1.82) is 0 Å². The Morgan fingerprint density at radius 2 is 1.94 bits per heavy atom. The Morgan fingerprint density at radius 3 is 2.55 bits per heavy atom. The summed E-state index contributed by atoms with van der Waals surface area (Å²) in [7, 11) is 2.79. The topological polar surface area (TPSA) is 52.2 Å². The molecule has 160 valence electrons. The normalized spacial score (nSPS) is 18.4. The number of ether oxygens (including phenoxy) is 2. The molecule has 2 aromatic carbocycles. The molecule has 1 aliphatic heterocycles. The second kappa shape index (κ2) is 10.3. The first-order chi connectivity index (χ1) is 15.0. The summed E-state index contributed by atoms with van der Waals surface area (Å²) < 4.78 is 24.0. The fourth-order valence-electron chi connectivity index (χ4n) is 3.80. The molecule has 1 aliphatic rings. The third-order valence-corrected chi connectivity index (χ3v) is 5.55. The minimum atomic E-state index is -0.891. The minimum Gasteiger partial charge on any atom is -0.469 e. The summed E-state index contributed by atoms with van der Waals surface area (Å²) in [5.74, 6) is -2.68. The molecule has 0 saturated carbocycles. The molecule has 2 atom stereocenters. The zero-order valence-electron chi connectivity index (χ0n) is 17.3. The van der Waals surface area contributed by atoms with Gasteiger partial charge < -0.3 is 9.47 Å². The lowest BCUT2D eigenvalue weighted by Crippen LogP contribution is -2.37. The molecular formula is C24H22ClFN2O3. The molecule has 2 aromatic rings. The van der Waals surface area contributed by atoms with Crippen LogP contribution in [0, 0.1) is 18.3 Å². The highest BCUT2D eigenvalue weighted by Gasteiger charge is 2.42. The number of nitrogens with zero attached hydrogens (tertiary/aromatic N) is 2. The van der Waals surface area contributed by atoms with Gasteiger partial charge in [-0.3, -0.25) is 9.79 Å². The zero-order chi connectivity index (χ0) is 22.4. The molecule has 0 N–H and O–H groups in total. The quantitative estimate of drug-likeness (QED) is 0.438. The maximum absolute atomic E-state index is 13.7. The number of hydrogen-bond donors (Lipinski definition) is 0. The maximum atomic E-state index is 13.7. The first kappa shape index (κ1) is 22.7. The molecule has 2 unspecified atom stereocenters. The van der Waals surface area contributed by atoms with E-state index in [9.17, 15) is 9.18 Å². The summed E-state index contributed by atoms with van der Waals surface area (Å²) >= 11 is 6.36. The molecule has 0 fully saturated rings. The van der Waals surface area contributed by atoms with E-state index in [0.29, 0.717) is 35.5 Å². The second-order valence-corrected chi connectivity index (χ2v) is 7.52. The van der Waals surface area contributed by atoms with Crippen molar-refractivity contribution in [2.75, 3.05) is 20.8 Å². The van der Waals surface area contributed by atoms with Crippen molar-refractivity contribution in [2.24, 2.45) is 10.9 Å². The first-order valence-electron chi connectivity index (χ1n) is 9.73. The summed E-state index contributed by atoms with van der Waals surface area (Å²) in [6, 6.07) is 13.8. The third-order valence-electron chi connectivity index (χ3n) is 5.22. The summed E-state index contributed by atoms with van der Waals surface area (Å²) in [5.41, 5.74) is 2.91. The number of hydrogen-bond acceptors (Lipinski definition) is 4. The van der Waals surface area contributed by atoms with Crippen LogP contribution in [0.1, 0.15) is 23.5 Å². The fraction of sp³-hybridized carbons (Fsp3) is 0.292. The Balaban J connectivity index is 2.13. The van der Waals surface area contributed by atoms with Gasteiger partial charge in [-0.05, 0) is 36.1 Å². The molecule has 1 heterocycles. The van der Waals surface area contributed by atoms with Gasteiger partial charge in [-0.15, -0.1) is 0 Å². The number of carbonyl (C=O) groups is 1. The first-order valence-corrected chi connectivity index (χ1v) is 10.1. The van der Waals surface area contributed by atoms with Crippen LogP contribution in [0.3, 0.4) is 0 Å². The predicted molar refractivity (Wildman–Crippen MR) is 117 cm³/mol. The van der Waals surface area contributed by atoms with Gasteiger partial charge in [0.1, 0.15) is 5.82 Å². The maximum Gasteiger partial charge on any atom is 0.314 e. The van der Waals surface area contributed by atoms with Gasteiger partial charge in [0, 0.05) is 23.7 Å². The fourth-order valence-corrected chi connectivity index (χ4v) is 4.09. The number of methoxy groups -OCH3 is 2. The smallest absolute Gasteiger partial charge is 0.314 e. The Kier molecular flexibility index (Phi) is 7.56. The summed E-state index contributed by atoms with van der Waals surface area (Å²) in [5, 5.41) is 0.140. The van der Waals surface area contributed by atoms with Gasteiger partial charge in [-0.1, -0.05) is 48.0 Å². The van der Waals surface area contributed by atoms with Crippen LogP contribution in [0.2, 0.25) is 5.02 Å². The number of rotatable bonds is 7. The summed E-state index contributed by atoms with van der Waals surface area (Å²) in [6.45, 7) is 7.95. The molecule has 0 saturated heterocycles. The Bertz CT molecular complexity index is 1060. The van der Waals surface area contributed by atoms with Crippen molar-refractivity contribution in [3.8, 4) is 0 Å². The molecule has 3 rings (SSSR count). The standard InChI is InChI=1S/C24H22ClFN2O3/c1-27-23-19(12-9-15-7-5-4-6-8-15)28-20(14-30-2)22(24(29)31-3)21(23)17-11-10-16(26)13-18(17)25/h4-8,10-11,13,21-22H,9,12,14H2,2-3H3. The summed E-state index contributed by atoms with van der Waals surface area (Å²) in [4.78, 5) is 21.2. The van der Waals surface area contributed by atoms with Crippen LogP contribution < -0.4 is 0 Å². The molecule has 7 heteroatoms. The van der Waals surface area contributed by atoms with Crippen LogP contribution in [0.5, 0.6) is 0 Å². The van der Waals surface area contributed by atoms with Crippen molar-refractivity contribution >= 4 is 23.3 Å². The number of carbonyl (C=O) groups excluding carboxylic acids is 1. The number of aliphatic imine (C=N–C) groups is 1. The van der Waals surface area contributed by atoms with Crippen LogP contribution in [0.4, 0.5) is 4.39 Å². The van der Waals surface area contributed by atoms with E-state index in [1.807, 2.05) is 30.3 Å². The van der Waals surface area contributed by atoms with Crippen LogP contribution in [0.15, 0.2) is 64.9 Å². The van der Waals surface area contributed by atoms with Crippen LogP contribution in [0.25, 0.3) is 4.85 Å². The Hall–Kier alpha value is -3.01. The van der Waals surface area contributed by atoms with E-state index in [2.05, 4.69) is 9.84 Å². The van der Waals surface area contributed by atoms with E-state index in [4.69, 9.17) is 27.6 Å². The molecule has 0 aliphatic carbocycles. The van der Waals surface area contributed by atoms with Gasteiger partial charge in [-0.25, -0.2) is 9.24 Å². The van der Waals surface area contributed by atoms with E-state index in [1.165, 1.54) is 32.4 Å². The van der Waals surface area contributed by atoms with Gasteiger partial charge in [0.2, 0.25) is 0 Å². The summed E-state index contributed by atoms with van der Waals surface area (Å²) in [6.07, 6.45) is 1.17. The van der Waals surface area contributed by atoms with E-state index in [-0.39, 0.29) is 11.6 Å². The van der Waals surface area contributed by atoms with Crippen LogP contribution >= 0.6 is 11.6 Å². The van der Waals surface area contributed by atoms with E-state index in [1.54, 1.807) is 0 Å². The van der Waals surface area contributed by atoms with Crippen molar-refractivity contribution < 1.29 is 18.7 Å². The van der Waals surface area contributed by atoms with Gasteiger partial charge in [0.05, 0.1) is 31.9 Å². The van der Waals surface area contributed by atoms with E-state index < -0.39 is 23.6 Å². The number of esters is 1. The average Bonchev–Trinajstić information content (AvgIpc) is 2.77. The number of allylic oxidation sites excluding steroid dienone is 2. The van der Waals surface area contributed by atoms with Crippen molar-refractivity contribution in [3.05, 3.63) is 93.3 Å². The lowest BCUT2D eigenvalue weighted by Gasteiger charge is -2.31. The zero-order valence-corrected chi connectivity index (χ0v) is 18.0. The highest BCUT2D eigenvalue weighted by Crippen LogP contribution is 2.43. The molecule has 0 radical (unpaired) electrons. The monoisotopic (exact) mass is 440 g/mol. The third kappa shape index (κ3) is 5.01. The van der Waals surface area contributed by atoms with Gasteiger partial charge in [0.15, 0.2) is 5.70 Å². The number of benzene rings is 2. The highest BCUT2D eigenvalue weighted by atomic mass is 35.5. The lowest BCUT2D eigenvalue weighted by molar-refractivity contribution is -0.143. The van der Waals surface area contributed by atoms with Crippen LogP contribution in [-0.4, -0.2) is 32.5 Å². The van der Waals surface area contributed by atoms with Gasteiger partial charge in [0.25, 0.3) is 0 Å². The Labute approximate surface area is 186 Å². The number of halogens is 2. The molecular weight excluding hydrogens is 419 g/mol. The average molecular weight is 441 g/mol. The van der Waals surface area contributed by atoms with E-state index in [0.717, 1.165) is 5.56 Å². The predicted octanol–water partition coefficient (Wildman–Crippen LogP) is 5.22. The molecule has 5 nitrogen and oxygen atoms in total. The minimum absolute atomic E-state index is 0.0925. The number of aryl methyl sites for hydroxylation is 1. The second-order valence-electron chi connectivity index (χ2n) is 7.11. The highest BCUT2D eigenvalue weighted by molar-refractivity contribution is 6.31. The molecule has 0 spiro atoms. The van der Waals surface area contributed by atoms with Crippen molar-refractivity contribution in [3.63, 3.8) is 0 Å². The van der Waals surface area contributed by atoms with E-state index >= 15 is 0 Å². The molecule has 31 heavy (non-hydrogen) atoms. The largest absolute Gasteiger partial charge is 0.469 e. The van der Waals surface area contributed by atoms with Gasteiger partial charge in [-0.2, -0.15) is 0 Å². The molecule has 0 bridgehead atoms. The van der Waals surface area contributed by atoms with Crippen molar-refractivity contribution in [2.45, 2.75) is 18.8 Å². The Morgan fingerprint density at radius 1 is 1.19 bits per heavy atom. The SMILES string of the molecule is [C-]#[N+]C1=C(CCc2ccccc2)N=C(COC)C(C(=O)OC)C1c1ccc(F)cc1Cl. The lowest BCUT2D eigenvalue weighted by atomic mass is 9.77. The van der Waals surface area contributed by atoms with Gasteiger partial charge >= 0.3 is 5.97 Å². The molecule has 0 amide bonds.